The Morgan fingerprint density at radius 2 is 1.70 bits per heavy atom. The van der Waals surface area contributed by atoms with E-state index in [1.54, 1.807) is 0 Å². The summed E-state index contributed by atoms with van der Waals surface area (Å²) in [6.07, 6.45) is -9.23. The fraction of sp³-hybridized carbons (Fsp3) is 0.667. The topological polar surface area (TPSA) is 40.1 Å². The number of carboxylic acid groups (broad SMARTS) is 1. The predicted octanol–water partition coefficient (Wildman–Crippen LogP) is -3.36. The van der Waals surface area contributed by atoms with Crippen LogP contribution in [-0.2, 0) is 4.79 Å². The molecular weight excluding hydrogens is 167 g/mol. The van der Waals surface area contributed by atoms with E-state index in [0.29, 0.717) is 0 Å². The molecule has 0 aromatic carbocycles. The molecule has 0 bridgehead atoms. The van der Waals surface area contributed by atoms with Crippen molar-refractivity contribution < 1.29 is 57.0 Å². The van der Waals surface area contributed by atoms with Gasteiger partial charge in [0.15, 0.2) is 0 Å². The van der Waals surface area contributed by atoms with Crippen molar-refractivity contribution in [2.24, 2.45) is 0 Å². The first-order valence-electron chi connectivity index (χ1n) is 1.77. The summed E-state index contributed by atoms with van der Waals surface area (Å²) in [6.45, 7) is 0. The molecule has 0 aliphatic heterocycles. The molecule has 10 heavy (non-hydrogen) atoms. The van der Waals surface area contributed by atoms with Crippen LogP contribution in [0.3, 0.4) is 0 Å². The van der Waals surface area contributed by atoms with Gasteiger partial charge in [-0.3, -0.25) is 0 Å². The smallest absolute Gasteiger partial charge is 0.547 e. The van der Waals surface area contributed by atoms with Gasteiger partial charge >= 0.3 is 35.7 Å². The van der Waals surface area contributed by atoms with E-state index in [1.807, 2.05) is 0 Å². The normalized spacial score (nSPS) is 13.6. The van der Waals surface area contributed by atoms with Crippen LogP contribution in [0.2, 0.25) is 0 Å². The summed E-state index contributed by atoms with van der Waals surface area (Å²) in [6, 6.07) is 0. The van der Waals surface area contributed by atoms with Gasteiger partial charge in [-0.1, -0.05) is 0 Å². The molecule has 0 fully saturated rings. The van der Waals surface area contributed by atoms with E-state index in [4.69, 9.17) is 9.90 Å². The number of carbonyl (C=O) groups excluding carboxylic acids is 1. The third-order valence-corrected chi connectivity index (χ3v) is 0.494. The van der Waals surface area contributed by atoms with Gasteiger partial charge in [-0.25, -0.2) is 4.39 Å². The second-order valence-corrected chi connectivity index (χ2v) is 1.22. The van der Waals surface area contributed by atoms with Crippen molar-refractivity contribution in [3.8, 4) is 0 Å². The molecule has 0 radical (unpaired) electrons. The number of halogens is 4. The summed E-state index contributed by atoms with van der Waals surface area (Å²) in [4.78, 5) is 9.14. The van der Waals surface area contributed by atoms with Crippen molar-refractivity contribution in [3.05, 3.63) is 0 Å². The van der Waals surface area contributed by atoms with Gasteiger partial charge in [0.2, 0.25) is 6.17 Å². The molecule has 0 N–H and O–H groups in total. The standard InChI is InChI=1S/C3H2F4O2.Na/c4-1(2(8)9)3(5,6)7;/h1H,(H,8,9);/q;+1/p-1. The zero-order valence-corrected chi connectivity index (χ0v) is 6.91. The van der Waals surface area contributed by atoms with Crippen LogP contribution >= 0.6 is 0 Å². The molecule has 1 unspecified atom stereocenters. The van der Waals surface area contributed by atoms with Crippen LogP contribution in [0.1, 0.15) is 0 Å². The first-order chi connectivity index (χ1) is 3.85. The maximum Gasteiger partial charge on any atom is 1.00 e. The molecule has 0 aromatic heterocycles. The van der Waals surface area contributed by atoms with E-state index < -0.39 is 18.3 Å². The van der Waals surface area contributed by atoms with E-state index in [-0.39, 0.29) is 29.6 Å². The molecule has 0 saturated carbocycles. The molecule has 7 heteroatoms. The van der Waals surface area contributed by atoms with E-state index in [9.17, 15) is 17.6 Å². The molecule has 0 aromatic rings. The van der Waals surface area contributed by atoms with Crippen molar-refractivity contribution >= 4 is 5.97 Å². The average Bonchev–Trinajstić information content (AvgIpc) is 1.62. The second-order valence-electron chi connectivity index (χ2n) is 1.22. The molecule has 0 rings (SSSR count). The van der Waals surface area contributed by atoms with Gasteiger partial charge in [0.1, 0.15) is 0 Å². The Morgan fingerprint density at radius 3 is 1.70 bits per heavy atom. The van der Waals surface area contributed by atoms with Gasteiger partial charge in [-0.2, -0.15) is 13.2 Å². The molecule has 0 heterocycles. The maximum atomic E-state index is 11.2. The van der Waals surface area contributed by atoms with Gasteiger partial charge in [0.05, 0.1) is 5.97 Å². The zero-order chi connectivity index (χ0) is 7.65. The monoisotopic (exact) mass is 168 g/mol. The summed E-state index contributed by atoms with van der Waals surface area (Å²) < 4.78 is 44.0. The minimum atomic E-state index is -5.35. The van der Waals surface area contributed by atoms with Crippen LogP contribution in [0.25, 0.3) is 0 Å². The summed E-state index contributed by atoms with van der Waals surface area (Å²) >= 11 is 0. The van der Waals surface area contributed by atoms with E-state index in [2.05, 4.69) is 0 Å². The van der Waals surface area contributed by atoms with Crippen LogP contribution in [0.15, 0.2) is 0 Å². The summed E-state index contributed by atoms with van der Waals surface area (Å²) in [5.41, 5.74) is 0. The average molecular weight is 168 g/mol. The maximum absolute atomic E-state index is 11.2. The number of alkyl halides is 4. The minimum Gasteiger partial charge on any atom is -0.547 e. The number of aliphatic carboxylic acids is 1. The fourth-order valence-corrected chi connectivity index (χ4v) is 0.134. The van der Waals surface area contributed by atoms with Crippen molar-refractivity contribution in [2.45, 2.75) is 12.3 Å². The minimum absolute atomic E-state index is 0. The summed E-state index contributed by atoms with van der Waals surface area (Å²) in [5, 5.41) is 9.14. The molecule has 54 valence electrons. The molecule has 0 saturated heterocycles. The van der Waals surface area contributed by atoms with E-state index >= 15 is 0 Å². The quantitative estimate of drug-likeness (QED) is 0.303. The second kappa shape index (κ2) is 4.15. The van der Waals surface area contributed by atoms with Crippen LogP contribution in [0, 0.1) is 0 Å². The molecule has 0 spiro atoms. The first-order valence-corrected chi connectivity index (χ1v) is 1.77. The Morgan fingerprint density at radius 1 is 1.40 bits per heavy atom. The van der Waals surface area contributed by atoms with Gasteiger partial charge in [-0.15, -0.1) is 0 Å². The molecule has 1 atom stereocenters. The van der Waals surface area contributed by atoms with Crippen molar-refractivity contribution in [2.75, 3.05) is 0 Å². The SMILES string of the molecule is O=C([O-])C(F)C(F)(F)F.[Na+]. The third-order valence-electron chi connectivity index (χ3n) is 0.494. The Kier molecular flexibility index (Phi) is 5.32. The Bertz CT molecular complexity index is 122. The van der Waals surface area contributed by atoms with Gasteiger partial charge in [0, 0.05) is 0 Å². The number of carbonyl (C=O) groups is 1. The number of carboxylic acids is 1. The Hall–Kier alpha value is 0.190. The van der Waals surface area contributed by atoms with Crippen LogP contribution in [0.4, 0.5) is 17.6 Å². The summed E-state index contributed by atoms with van der Waals surface area (Å²) in [7, 11) is 0. The molecular formula is C3HF4NaO2. The van der Waals surface area contributed by atoms with Crippen molar-refractivity contribution in [1.29, 1.82) is 0 Å². The molecule has 0 aliphatic carbocycles. The molecule has 0 amide bonds. The van der Waals surface area contributed by atoms with Gasteiger partial charge in [0.25, 0.3) is 0 Å². The van der Waals surface area contributed by atoms with E-state index in [0.717, 1.165) is 0 Å². The number of rotatable bonds is 1. The number of hydrogen-bond donors (Lipinski definition) is 0. The Balaban J connectivity index is 0. The Labute approximate surface area is 75.5 Å². The first kappa shape index (κ1) is 12.8. The van der Waals surface area contributed by atoms with Crippen molar-refractivity contribution in [3.63, 3.8) is 0 Å². The largest absolute Gasteiger partial charge is 1.00 e. The van der Waals surface area contributed by atoms with Gasteiger partial charge < -0.3 is 9.90 Å². The summed E-state index contributed by atoms with van der Waals surface area (Å²) in [5.74, 6) is -2.76. The zero-order valence-electron chi connectivity index (χ0n) is 4.91. The number of hydrogen-bond acceptors (Lipinski definition) is 2. The van der Waals surface area contributed by atoms with E-state index in [1.165, 1.54) is 0 Å². The molecule has 2 nitrogen and oxygen atoms in total. The fourth-order valence-electron chi connectivity index (χ4n) is 0.134. The van der Waals surface area contributed by atoms with Gasteiger partial charge in [-0.05, 0) is 0 Å². The van der Waals surface area contributed by atoms with Crippen LogP contribution in [0.5, 0.6) is 0 Å². The van der Waals surface area contributed by atoms with Crippen molar-refractivity contribution in [1.82, 2.24) is 0 Å². The van der Waals surface area contributed by atoms with Crippen LogP contribution < -0.4 is 34.7 Å². The predicted molar refractivity (Wildman–Crippen MR) is 16.0 cm³/mol. The third kappa shape index (κ3) is 4.08. The van der Waals surface area contributed by atoms with Crippen LogP contribution in [-0.4, -0.2) is 18.3 Å². The molecule has 0 aliphatic rings.